The fourth-order valence-electron chi connectivity index (χ4n) is 2.14. The highest BCUT2D eigenvalue weighted by Gasteiger charge is 2.12. The lowest BCUT2D eigenvalue weighted by Crippen LogP contribution is -2.10. The average Bonchev–Trinajstić information content (AvgIpc) is 2.99. The molecule has 0 fully saturated rings. The van der Waals surface area contributed by atoms with Crippen molar-refractivity contribution in [1.29, 1.82) is 0 Å². The van der Waals surface area contributed by atoms with Gasteiger partial charge in [0.15, 0.2) is 0 Å². The van der Waals surface area contributed by atoms with Gasteiger partial charge in [0.25, 0.3) is 0 Å². The van der Waals surface area contributed by atoms with Crippen LogP contribution in [0.1, 0.15) is 31.2 Å². The summed E-state index contributed by atoms with van der Waals surface area (Å²) in [6, 6.07) is 10.2. The van der Waals surface area contributed by atoms with Crippen molar-refractivity contribution in [2.75, 3.05) is 17.7 Å². The number of benzene rings is 1. The SMILES string of the molecule is CCC(Nc1ccc(NC(C)=O)c(OC)c1)c1cccs1. The normalized spacial score (nSPS) is 11.8. The zero-order chi connectivity index (χ0) is 15.2. The first-order valence-corrected chi connectivity index (χ1v) is 7.77. The zero-order valence-corrected chi connectivity index (χ0v) is 13.3. The van der Waals surface area contributed by atoms with Crippen LogP contribution in [-0.4, -0.2) is 13.0 Å². The quantitative estimate of drug-likeness (QED) is 0.837. The number of carbonyl (C=O) groups excluding carboxylic acids is 1. The van der Waals surface area contributed by atoms with E-state index in [0.717, 1.165) is 12.1 Å². The summed E-state index contributed by atoms with van der Waals surface area (Å²) in [6.45, 7) is 3.63. The van der Waals surface area contributed by atoms with Crippen LogP contribution >= 0.6 is 11.3 Å². The smallest absolute Gasteiger partial charge is 0.221 e. The molecule has 0 saturated heterocycles. The number of methoxy groups -OCH3 is 1. The Bertz CT molecular complexity index is 596. The molecule has 4 nitrogen and oxygen atoms in total. The van der Waals surface area contributed by atoms with Crippen molar-refractivity contribution in [3.63, 3.8) is 0 Å². The van der Waals surface area contributed by atoms with Crippen molar-refractivity contribution >= 4 is 28.6 Å². The Hall–Kier alpha value is -2.01. The van der Waals surface area contributed by atoms with Gasteiger partial charge in [-0.15, -0.1) is 11.3 Å². The molecule has 5 heteroatoms. The van der Waals surface area contributed by atoms with Gasteiger partial charge < -0.3 is 15.4 Å². The van der Waals surface area contributed by atoms with Crippen LogP contribution in [0.4, 0.5) is 11.4 Å². The molecule has 21 heavy (non-hydrogen) atoms. The molecule has 1 unspecified atom stereocenters. The van der Waals surface area contributed by atoms with Gasteiger partial charge in [0.1, 0.15) is 5.75 Å². The second-order valence-electron chi connectivity index (χ2n) is 4.72. The van der Waals surface area contributed by atoms with Crippen molar-refractivity contribution in [2.24, 2.45) is 0 Å². The highest BCUT2D eigenvalue weighted by molar-refractivity contribution is 7.10. The zero-order valence-electron chi connectivity index (χ0n) is 12.5. The minimum absolute atomic E-state index is 0.112. The second kappa shape index (κ2) is 7.13. The highest BCUT2D eigenvalue weighted by atomic mass is 32.1. The Balaban J connectivity index is 2.18. The first-order chi connectivity index (χ1) is 10.1. The molecule has 0 aliphatic carbocycles. The van der Waals surface area contributed by atoms with Crippen molar-refractivity contribution < 1.29 is 9.53 Å². The fourth-order valence-corrected chi connectivity index (χ4v) is 3.00. The Kier molecular flexibility index (Phi) is 5.22. The molecule has 1 heterocycles. The van der Waals surface area contributed by atoms with Crippen LogP contribution in [0.25, 0.3) is 0 Å². The third-order valence-corrected chi connectivity index (χ3v) is 4.13. The van der Waals surface area contributed by atoms with E-state index in [2.05, 4.69) is 35.1 Å². The number of rotatable bonds is 6. The standard InChI is InChI=1S/C16H20N2O2S/c1-4-13(16-6-5-9-21-16)18-12-7-8-14(17-11(2)19)15(10-12)20-3/h5-10,13,18H,4H2,1-3H3,(H,17,19). The molecule has 1 amide bonds. The summed E-state index contributed by atoms with van der Waals surface area (Å²) in [5.74, 6) is 0.537. The minimum Gasteiger partial charge on any atom is -0.494 e. The van der Waals surface area contributed by atoms with Gasteiger partial charge in [0, 0.05) is 23.6 Å². The lowest BCUT2D eigenvalue weighted by atomic mass is 10.1. The minimum atomic E-state index is -0.112. The molecule has 0 spiro atoms. The Labute approximate surface area is 129 Å². The number of thiophene rings is 1. The molecule has 0 radical (unpaired) electrons. The maximum atomic E-state index is 11.2. The molecule has 0 aliphatic heterocycles. The first kappa shape index (κ1) is 15.4. The molecule has 2 rings (SSSR count). The maximum absolute atomic E-state index is 11.2. The lowest BCUT2D eigenvalue weighted by Gasteiger charge is -2.18. The Morgan fingerprint density at radius 3 is 2.76 bits per heavy atom. The van der Waals surface area contributed by atoms with Gasteiger partial charge in [-0.25, -0.2) is 0 Å². The number of ether oxygens (including phenoxy) is 1. The number of anilines is 2. The highest BCUT2D eigenvalue weighted by Crippen LogP contribution is 2.31. The molecular weight excluding hydrogens is 284 g/mol. The number of amides is 1. The second-order valence-corrected chi connectivity index (χ2v) is 5.70. The summed E-state index contributed by atoms with van der Waals surface area (Å²) < 4.78 is 5.34. The summed E-state index contributed by atoms with van der Waals surface area (Å²) in [5.41, 5.74) is 1.65. The molecular formula is C16H20N2O2S. The summed E-state index contributed by atoms with van der Waals surface area (Å²) >= 11 is 1.75. The number of hydrogen-bond acceptors (Lipinski definition) is 4. The topological polar surface area (TPSA) is 50.4 Å². The van der Waals surface area contributed by atoms with Crippen LogP contribution < -0.4 is 15.4 Å². The van der Waals surface area contributed by atoms with E-state index in [1.165, 1.54) is 11.8 Å². The van der Waals surface area contributed by atoms with Crippen LogP contribution in [0.15, 0.2) is 35.7 Å². The molecule has 1 aromatic carbocycles. The van der Waals surface area contributed by atoms with Gasteiger partial charge in [-0.05, 0) is 30.0 Å². The largest absolute Gasteiger partial charge is 0.494 e. The Morgan fingerprint density at radius 1 is 1.38 bits per heavy atom. The molecule has 112 valence electrons. The van der Waals surface area contributed by atoms with E-state index >= 15 is 0 Å². The van der Waals surface area contributed by atoms with Crippen LogP contribution in [0.5, 0.6) is 5.75 Å². The van der Waals surface area contributed by atoms with Crippen molar-refractivity contribution in [2.45, 2.75) is 26.3 Å². The van der Waals surface area contributed by atoms with E-state index in [1.807, 2.05) is 18.2 Å². The molecule has 1 aromatic heterocycles. The molecule has 0 saturated carbocycles. The molecule has 0 aliphatic rings. The molecule has 2 N–H and O–H groups in total. The van der Waals surface area contributed by atoms with Gasteiger partial charge in [-0.3, -0.25) is 4.79 Å². The third-order valence-electron chi connectivity index (χ3n) is 3.15. The fraction of sp³-hybridized carbons (Fsp3) is 0.312. The first-order valence-electron chi connectivity index (χ1n) is 6.89. The summed E-state index contributed by atoms with van der Waals surface area (Å²) in [6.07, 6.45) is 0.996. The van der Waals surface area contributed by atoms with Crippen molar-refractivity contribution in [3.05, 3.63) is 40.6 Å². The average molecular weight is 304 g/mol. The lowest BCUT2D eigenvalue weighted by molar-refractivity contribution is -0.114. The van der Waals surface area contributed by atoms with Crippen LogP contribution in [-0.2, 0) is 4.79 Å². The van der Waals surface area contributed by atoms with Gasteiger partial charge in [0.05, 0.1) is 18.8 Å². The van der Waals surface area contributed by atoms with Gasteiger partial charge in [-0.2, -0.15) is 0 Å². The summed E-state index contributed by atoms with van der Waals surface area (Å²) in [4.78, 5) is 12.5. The maximum Gasteiger partial charge on any atom is 0.221 e. The van der Waals surface area contributed by atoms with E-state index in [1.54, 1.807) is 18.4 Å². The van der Waals surface area contributed by atoms with E-state index in [4.69, 9.17) is 4.74 Å². The third kappa shape index (κ3) is 3.98. The van der Waals surface area contributed by atoms with Crippen molar-refractivity contribution in [3.8, 4) is 5.75 Å². The van der Waals surface area contributed by atoms with Crippen LogP contribution in [0.3, 0.4) is 0 Å². The van der Waals surface area contributed by atoms with Crippen molar-refractivity contribution in [1.82, 2.24) is 0 Å². The van der Waals surface area contributed by atoms with Gasteiger partial charge in [0.2, 0.25) is 5.91 Å². The van der Waals surface area contributed by atoms with Gasteiger partial charge in [-0.1, -0.05) is 13.0 Å². The predicted molar refractivity (Wildman–Crippen MR) is 88.3 cm³/mol. The molecule has 2 aromatic rings. The monoisotopic (exact) mass is 304 g/mol. The number of carbonyl (C=O) groups is 1. The van der Waals surface area contributed by atoms with Gasteiger partial charge >= 0.3 is 0 Å². The Morgan fingerprint density at radius 2 is 2.19 bits per heavy atom. The number of hydrogen-bond donors (Lipinski definition) is 2. The summed E-state index contributed by atoms with van der Waals surface area (Å²) in [7, 11) is 1.60. The van der Waals surface area contributed by atoms with E-state index < -0.39 is 0 Å². The van der Waals surface area contributed by atoms with Crippen LogP contribution in [0, 0.1) is 0 Å². The summed E-state index contributed by atoms with van der Waals surface area (Å²) in [5, 5.41) is 8.34. The van der Waals surface area contributed by atoms with E-state index in [0.29, 0.717) is 11.4 Å². The predicted octanol–water partition coefficient (Wildman–Crippen LogP) is 4.28. The number of nitrogens with one attached hydrogen (secondary N) is 2. The van der Waals surface area contributed by atoms with E-state index in [9.17, 15) is 4.79 Å². The van der Waals surface area contributed by atoms with Crippen LogP contribution in [0.2, 0.25) is 0 Å². The molecule has 0 bridgehead atoms. The molecule has 1 atom stereocenters. The van der Waals surface area contributed by atoms with E-state index in [-0.39, 0.29) is 11.9 Å².